The van der Waals surface area contributed by atoms with E-state index in [1.54, 1.807) is 35.6 Å². The predicted octanol–water partition coefficient (Wildman–Crippen LogP) is 15.1. The first kappa shape index (κ1) is 21.1. The lowest BCUT2D eigenvalue weighted by Crippen LogP contribution is -2.10. The van der Waals surface area contributed by atoms with Crippen LogP contribution in [0.2, 0.25) is 0 Å². The summed E-state index contributed by atoms with van der Waals surface area (Å²) in [4.78, 5) is 14.5. The summed E-state index contributed by atoms with van der Waals surface area (Å²) >= 11 is 1.72. The summed E-state index contributed by atoms with van der Waals surface area (Å²) in [5, 5.41) is 0.907. The minimum absolute atomic E-state index is 0.226. The van der Waals surface area contributed by atoms with Crippen molar-refractivity contribution < 1.29 is 27.4 Å². The molecule has 0 aliphatic rings. The van der Waals surface area contributed by atoms with Crippen LogP contribution in [0.3, 0.4) is 0 Å². The highest BCUT2D eigenvalue weighted by Gasteiger charge is 2.21. The van der Waals surface area contributed by atoms with Gasteiger partial charge in [0.05, 0.1) is 49.5 Å². The number of fused-ring (bicyclic) bond motifs is 9. The first-order chi connectivity index (χ1) is 39.5. The van der Waals surface area contributed by atoms with Crippen LogP contribution in [-0.2, 0) is 0 Å². The zero-order chi connectivity index (χ0) is 58.8. The van der Waals surface area contributed by atoms with Gasteiger partial charge in [-0.05, 0) is 63.6 Å². The molecule has 13 aromatic rings. The molecule has 0 saturated carbocycles. The van der Waals surface area contributed by atoms with E-state index in [1.807, 2.05) is 42.5 Å². The van der Waals surface area contributed by atoms with Crippen molar-refractivity contribution in [3.8, 4) is 56.7 Å². The Bertz CT molecular complexity index is 4990. The number of nitrogens with zero attached hydrogens (tertiary/aromatic N) is 5. The smallest absolute Gasteiger partial charge is 0.240 e. The maximum absolute atomic E-state index is 9.90. The van der Waals surface area contributed by atoms with E-state index in [1.165, 1.54) is 10.1 Å². The molecule has 4 aromatic heterocycles. The SMILES string of the molecule is [2H]c1c([2H])c([2H])c(-c2c([2H])c([2H])c3c4c([2H])c([2H])c([2H])c([2H])c4n(-c4nc(-c5ccc(-c6ccc(-c7cccc8c7sc7ccccc78)cc6)cc5)nc(-n5c6c([2H])c([2H])c([2H])c([2H])c6c6c([2H])c([2H])c([2H])c([2H])c65)n4)c3c2[2H])c([2H])c1[2H]. The third kappa shape index (κ3) is 5.73. The minimum atomic E-state index is -0.821. The molecular weight excluding hydrogens is 787 g/mol. The molecule has 0 bridgehead atoms. The molecule has 4 heterocycles. The molecule has 0 radical (unpaired) electrons. The van der Waals surface area contributed by atoms with Crippen LogP contribution in [0.4, 0.5) is 0 Å². The second-order valence-electron chi connectivity index (χ2n) is 14.5. The molecule has 0 saturated heterocycles. The zero-order valence-corrected chi connectivity index (χ0v) is 33.1. The van der Waals surface area contributed by atoms with Gasteiger partial charge < -0.3 is 0 Å². The van der Waals surface area contributed by atoms with Crippen molar-refractivity contribution in [1.29, 1.82) is 0 Å². The fourth-order valence-electron chi connectivity index (χ4n) is 8.14. The van der Waals surface area contributed by atoms with Crippen LogP contribution in [0.5, 0.6) is 0 Å². The summed E-state index contributed by atoms with van der Waals surface area (Å²) in [7, 11) is 0. The van der Waals surface area contributed by atoms with Crippen molar-refractivity contribution in [1.82, 2.24) is 24.1 Å². The maximum atomic E-state index is 9.90. The van der Waals surface area contributed by atoms with Crippen molar-refractivity contribution in [3.05, 3.63) is 212 Å². The molecule has 13 rings (SSSR count). The molecule has 0 atom stereocenters. The lowest BCUT2D eigenvalue weighted by molar-refractivity contribution is 0.893. The van der Waals surface area contributed by atoms with Gasteiger partial charge in [-0.3, -0.25) is 9.13 Å². The molecule has 0 aliphatic carbocycles. The number of aromatic nitrogens is 5. The molecule has 0 fully saturated rings. The average molecular weight is 842 g/mol. The Hall–Kier alpha value is -8.19. The predicted molar refractivity (Wildman–Crippen MR) is 263 cm³/mol. The molecule has 0 N–H and O–H groups in total. The molecule has 9 aromatic carbocycles. The van der Waals surface area contributed by atoms with Gasteiger partial charge in [-0.1, -0.05) is 182 Å². The summed E-state index contributed by atoms with van der Waals surface area (Å²) in [6.45, 7) is 0. The van der Waals surface area contributed by atoms with Crippen molar-refractivity contribution >= 4 is 75.1 Å². The summed E-state index contributed by atoms with van der Waals surface area (Å²) < 4.78 is 184. The van der Waals surface area contributed by atoms with Crippen LogP contribution < -0.4 is 0 Å². The lowest BCUT2D eigenvalue weighted by Gasteiger charge is -2.13. The second kappa shape index (κ2) is 14.2. The van der Waals surface area contributed by atoms with Crippen LogP contribution in [0.25, 0.3) is 120 Å². The number of para-hydroxylation sites is 3. The number of benzene rings is 9. The second-order valence-corrected chi connectivity index (χ2v) is 15.6. The number of hydrogen-bond acceptors (Lipinski definition) is 4. The molecule has 6 heteroatoms. The molecule has 5 nitrogen and oxygen atoms in total. The molecular formula is C57H35N5S. The van der Waals surface area contributed by atoms with E-state index in [9.17, 15) is 9.60 Å². The Labute approximate surface area is 394 Å². The topological polar surface area (TPSA) is 48.5 Å². The van der Waals surface area contributed by atoms with Gasteiger partial charge in [0.25, 0.3) is 0 Å². The highest BCUT2D eigenvalue weighted by molar-refractivity contribution is 7.26. The van der Waals surface area contributed by atoms with Gasteiger partial charge in [-0.15, -0.1) is 11.3 Å². The molecule has 0 spiro atoms. The van der Waals surface area contributed by atoms with E-state index in [0.717, 1.165) is 41.5 Å². The lowest BCUT2D eigenvalue weighted by atomic mass is 9.98. The molecule has 0 aliphatic heterocycles. The van der Waals surface area contributed by atoms with Gasteiger partial charge in [0, 0.05) is 47.3 Å². The summed E-state index contributed by atoms with van der Waals surface area (Å²) in [6.07, 6.45) is 0. The monoisotopic (exact) mass is 841 g/mol. The van der Waals surface area contributed by atoms with E-state index in [-0.39, 0.29) is 38.6 Å². The Morgan fingerprint density at radius 2 is 0.889 bits per heavy atom. The molecule has 0 amide bonds. The first-order valence-electron chi connectivity index (χ1n) is 29.6. The van der Waals surface area contributed by atoms with Crippen LogP contribution in [0, 0.1) is 0 Å². The third-order valence-electron chi connectivity index (χ3n) is 11.0. The van der Waals surface area contributed by atoms with E-state index in [4.69, 9.17) is 32.8 Å². The van der Waals surface area contributed by atoms with Gasteiger partial charge >= 0.3 is 0 Å². The van der Waals surface area contributed by atoms with Gasteiger partial charge in [0.15, 0.2) is 5.82 Å². The zero-order valence-electron chi connectivity index (χ0n) is 52.3. The summed E-state index contributed by atoms with van der Waals surface area (Å²) in [6, 6.07) is 14.3. The third-order valence-corrected chi connectivity index (χ3v) is 12.2. The quantitative estimate of drug-likeness (QED) is 0.168. The minimum Gasteiger partial charge on any atom is -0.278 e. The van der Waals surface area contributed by atoms with E-state index in [0.29, 0.717) is 0 Å². The number of hydrogen-bond donors (Lipinski definition) is 0. The van der Waals surface area contributed by atoms with E-state index < -0.39 is 160 Å². The Morgan fingerprint density at radius 1 is 0.365 bits per heavy atom. The van der Waals surface area contributed by atoms with Gasteiger partial charge in [0.1, 0.15) is 0 Å². The van der Waals surface area contributed by atoms with Crippen molar-refractivity contribution in [3.63, 3.8) is 0 Å². The van der Waals surface area contributed by atoms with Crippen LogP contribution in [-0.4, -0.2) is 24.1 Å². The van der Waals surface area contributed by atoms with Crippen LogP contribution >= 0.6 is 11.3 Å². The molecule has 0 unspecified atom stereocenters. The Balaban J connectivity index is 1.11. The van der Waals surface area contributed by atoms with Gasteiger partial charge in [0.2, 0.25) is 11.9 Å². The normalized spacial score (nSPS) is 16.3. The highest BCUT2D eigenvalue weighted by atomic mass is 32.1. The van der Waals surface area contributed by atoms with Crippen molar-refractivity contribution in [2.75, 3.05) is 0 Å². The number of rotatable bonds is 6. The molecule has 63 heavy (non-hydrogen) atoms. The van der Waals surface area contributed by atoms with Crippen molar-refractivity contribution in [2.45, 2.75) is 0 Å². The highest BCUT2D eigenvalue weighted by Crippen LogP contribution is 2.41. The standard InChI is InChI=1S/C57H35N5S/c1-2-13-36(14-3-1)41-33-34-46-45-17-6-10-23-51(45)62(52(46)35-41)57-59-55(58-56(60-57)61-49-21-8-4-15-43(49)44-16-5-9-22-50(44)61)40-31-27-38(28-32-40)37-25-29-39(30-26-37)42-19-12-20-48-47-18-7-11-24-53(47)63-54(42)48/h1-35H/i1D,2D,3D,4D,5D,6D,8D,9D,10D,13D,14D,15D,16D,17D,21D,22D,23D,33D,34D,35D. The van der Waals surface area contributed by atoms with Crippen molar-refractivity contribution in [2.24, 2.45) is 0 Å². The number of thiophene rings is 1. The average Bonchev–Trinajstić information content (AvgIpc) is 2.45. The Kier molecular flexibility index (Phi) is 4.75. The van der Waals surface area contributed by atoms with Crippen LogP contribution in [0.1, 0.15) is 27.4 Å². The first-order valence-corrected chi connectivity index (χ1v) is 20.4. The van der Waals surface area contributed by atoms with E-state index >= 15 is 0 Å². The summed E-state index contributed by atoms with van der Waals surface area (Å²) in [5.41, 5.74) is 0.928. The summed E-state index contributed by atoms with van der Waals surface area (Å²) in [5.74, 6) is -1.36. The van der Waals surface area contributed by atoms with Gasteiger partial charge in [-0.2, -0.15) is 15.0 Å². The molecule has 294 valence electrons. The fraction of sp³-hybridized carbons (Fsp3) is 0. The van der Waals surface area contributed by atoms with E-state index in [2.05, 4.69) is 24.3 Å². The fourth-order valence-corrected chi connectivity index (χ4v) is 9.38. The van der Waals surface area contributed by atoms with Crippen LogP contribution in [0.15, 0.2) is 212 Å². The van der Waals surface area contributed by atoms with Gasteiger partial charge in [-0.25, -0.2) is 0 Å². The Morgan fingerprint density at radius 3 is 1.54 bits per heavy atom. The maximum Gasteiger partial charge on any atom is 0.240 e. The largest absolute Gasteiger partial charge is 0.278 e.